The molecule has 0 radical (unpaired) electrons. The van der Waals surface area contributed by atoms with E-state index >= 15 is 0 Å². The summed E-state index contributed by atoms with van der Waals surface area (Å²) in [4.78, 5) is 2.10. The Morgan fingerprint density at radius 1 is 1.58 bits per heavy atom. The Bertz CT molecular complexity index is 138. The van der Waals surface area contributed by atoms with E-state index in [4.69, 9.17) is 5.11 Å². The third-order valence-electron chi connectivity index (χ3n) is 2.36. The van der Waals surface area contributed by atoms with Crippen LogP contribution in [0.4, 0.5) is 4.39 Å². The summed E-state index contributed by atoms with van der Waals surface area (Å²) in [6, 6.07) is 0. The lowest BCUT2D eigenvalue weighted by molar-refractivity contribution is 0.0570. The van der Waals surface area contributed by atoms with E-state index in [0.29, 0.717) is 13.0 Å². The fraction of sp³-hybridized carbons (Fsp3) is 1.00. The van der Waals surface area contributed by atoms with Gasteiger partial charge in [-0.25, -0.2) is 4.39 Å². The molecule has 1 atom stereocenters. The molecule has 0 aromatic rings. The van der Waals surface area contributed by atoms with Gasteiger partial charge < -0.3 is 10.0 Å². The van der Waals surface area contributed by atoms with Crippen molar-refractivity contribution in [3.05, 3.63) is 0 Å². The molecule has 0 spiro atoms. The van der Waals surface area contributed by atoms with Crippen LogP contribution in [0.3, 0.4) is 0 Å². The number of likely N-dealkylation sites (tertiary alicyclic amines) is 1. The Morgan fingerprint density at radius 3 is 2.92 bits per heavy atom. The van der Waals surface area contributed by atoms with E-state index < -0.39 is 5.67 Å². The molecule has 2 nitrogen and oxygen atoms in total. The number of aliphatic hydroxyl groups is 1. The molecule has 0 aliphatic carbocycles. The Morgan fingerprint density at radius 2 is 2.33 bits per heavy atom. The normalized spacial score (nSPS) is 32.2. The van der Waals surface area contributed by atoms with Crippen LogP contribution in [0, 0.1) is 0 Å². The molecule has 0 saturated carbocycles. The highest BCUT2D eigenvalue weighted by Gasteiger charge is 2.29. The zero-order valence-corrected chi connectivity index (χ0v) is 7.72. The highest BCUT2D eigenvalue weighted by atomic mass is 19.1. The molecule has 1 fully saturated rings. The maximum Gasteiger partial charge on any atom is 0.120 e. The number of nitrogens with zero attached hydrogens (tertiary/aromatic N) is 1. The number of hydrogen-bond donors (Lipinski definition) is 1. The lowest BCUT2D eigenvalue weighted by Gasteiger charge is -2.34. The Kier molecular flexibility index (Phi) is 3.47. The molecule has 3 heteroatoms. The second kappa shape index (κ2) is 4.19. The molecule has 1 heterocycles. The molecule has 72 valence electrons. The van der Waals surface area contributed by atoms with E-state index in [2.05, 4.69) is 4.90 Å². The van der Waals surface area contributed by atoms with Crippen molar-refractivity contribution in [1.29, 1.82) is 0 Å². The van der Waals surface area contributed by atoms with Crippen molar-refractivity contribution < 1.29 is 9.50 Å². The van der Waals surface area contributed by atoms with Gasteiger partial charge in [-0.1, -0.05) is 0 Å². The molecule has 1 saturated heterocycles. The minimum atomic E-state index is -1.01. The van der Waals surface area contributed by atoms with E-state index in [1.54, 1.807) is 6.92 Å². The van der Waals surface area contributed by atoms with Gasteiger partial charge in [0.1, 0.15) is 5.67 Å². The van der Waals surface area contributed by atoms with Gasteiger partial charge in [0.05, 0.1) is 0 Å². The van der Waals surface area contributed by atoms with Crippen molar-refractivity contribution in [2.45, 2.75) is 31.9 Å². The smallest absolute Gasteiger partial charge is 0.120 e. The minimum absolute atomic E-state index is 0.208. The second-order valence-corrected chi connectivity index (χ2v) is 3.87. The number of rotatable bonds is 3. The van der Waals surface area contributed by atoms with Crippen LogP contribution in [0.5, 0.6) is 0 Å². The van der Waals surface area contributed by atoms with E-state index in [1.165, 1.54) is 0 Å². The van der Waals surface area contributed by atoms with Crippen molar-refractivity contribution in [3.63, 3.8) is 0 Å². The van der Waals surface area contributed by atoms with Crippen molar-refractivity contribution >= 4 is 0 Å². The number of halogens is 1. The average molecular weight is 175 g/mol. The molecule has 0 aromatic carbocycles. The molecule has 1 aliphatic rings. The molecular formula is C9H18FNO. The highest BCUT2D eigenvalue weighted by molar-refractivity contribution is 4.83. The van der Waals surface area contributed by atoms with Crippen LogP contribution >= 0.6 is 0 Å². The molecule has 1 unspecified atom stereocenters. The Balaban J connectivity index is 2.26. The first-order chi connectivity index (χ1) is 5.64. The number of alkyl halides is 1. The van der Waals surface area contributed by atoms with Crippen LogP contribution in [0.1, 0.15) is 26.2 Å². The molecule has 1 N–H and O–H groups in total. The highest BCUT2D eigenvalue weighted by Crippen LogP contribution is 2.24. The van der Waals surface area contributed by atoms with Gasteiger partial charge >= 0.3 is 0 Å². The summed E-state index contributed by atoms with van der Waals surface area (Å²) < 4.78 is 13.4. The summed E-state index contributed by atoms with van der Waals surface area (Å²) in [7, 11) is 0. The number of aliphatic hydroxyl groups excluding tert-OH is 1. The van der Waals surface area contributed by atoms with Gasteiger partial charge in [0, 0.05) is 19.7 Å². The topological polar surface area (TPSA) is 23.5 Å². The van der Waals surface area contributed by atoms with Gasteiger partial charge in [-0.2, -0.15) is 0 Å². The quantitative estimate of drug-likeness (QED) is 0.696. The van der Waals surface area contributed by atoms with Crippen molar-refractivity contribution in [1.82, 2.24) is 4.90 Å². The predicted molar refractivity (Wildman–Crippen MR) is 46.9 cm³/mol. The maximum absolute atomic E-state index is 13.4. The summed E-state index contributed by atoms with van der Waals surface area (Å²) in [6.45, 7) is 4.22. The molecule has 12 heavy (non-hydrogen) atoms. The van der Waals surface area contributed by atoms with E-state index in [0.717, 1.165) is 25.9 Å². The zero-order chi connectivity index (χ0) is 9.03. The average Bonchev–Trinajstić information content (AvgIpc) is 1.99. The van der Waals surface area contributed by atoms with Crippen LogP contribution in [0.2, 0.25) is 0 Å². The largest absolute Gasteiger partial charge is 0.396 e. The van der Waals surface area contributed by atoms with Gasteiger partial charge in [0.15, 0.2) is 0 Å². The third kappa shape index (κ3) is 3.07. The number of piperidine rings is 1. The monoisotopic (exact) mass is 175 g/mol. The first-order valence-electron chi connectivity index (χ1n) is 4.66. The Hall–Kier alpha value is -0.150. The summed E-state index contributed by atoms with van der Waals surface area (Å²) in [5.74, 6) is 0. The van der Waals surface area contributed by atoms with Crippen LogP contribution < -0.4 is 0 Å². The van der Waals surface area contributed by atoms with Crippen LogP contribution in [-0.2, 0) is 0 Å². The van der Waals surface area contributed by atoms with E-state index in [9.17, 15) is 4.39 Å². The Labute approximate surface area is 73.4 Å². The van der Waals surface area contributed by atoms with E-state index in [1.807, 2.05) is 0 Å². The minimum Gasteiger partial charge on any atom is -0.396 e. The fourth-order valence-corrected chi connectivity index (χ4v) is 1.78. The third-order valence-corrected chi connectivity index (χ3v) is 2.36. The van der Waals surface area contributed by atoms with Gasteiger partial charge in [-0.15, -0.1) is 0 Å². The molecule has 0 bridgehead atoms. The van der Waals surface area contributed by atoms with Gasteiger partial charge in [-0.3, -0.25) is 0 Å². The lowest BCUT2D eigenvalue weighted by atomic mass is 9.97. The first-order valence-corrected chi connectivity index (χ1v) is 4.66. The van der Waals surface area contributed by atoms with Crippen LogP contribution in [0.15, 0.2) is 0 Å². The maximum atomic E-state index is 13.4. The predicted octanol–water partition coefficient (Wildman–Crippen LogP) is 1.19. The second-order valence-electron chi connectivity index (χ2n) is 3.87. The SMILES string of the molecule is CC1(F)CCCN(CCCO)C1. The molecule has 1 rings (SSSR count). The fourth-order valence-electron chi connectivity index (χ4n) is 1.78. The summed E-state index contributed by atoms with van der Waals surface area (Å²) >= 11 is 0. The standard InChI is InChI=1S/C9H18FNO/c1-9(10)4-2-5-11(8-9)6-3-7-12/h12H,2-8H2,1H3. The molecule has 0 amide bonds. The molecule has 1 aliphatic heterocycles. The van der Waals surface area contributed by atoms with Crippen LogP contribution in [0.25, 0.3) is 0 Å². The van der Waals surface area contributed by atoms with Crippen molar-refractivity contribution in [2.75, 3.05) is 26.2 Å². The van der Waals surface area contributed by atoms with Crippen molar-refractivity contribution in [3.8, 4) is 0 Å². The first kappa shape index (κ1) is 9.93. The number of hydrogen-bond acceptors (Lipinski definition) is 2. The van der Waals surface area contributed by atoms with E-state index in [-0.39, 0.29) is 6.61 Å². The van der Waals surface area contributed by atoms with Gasteiger partial charge in [0.2, 0.25) is 0 Å². The van der Waals surface area contributed by atoms with Crippen LogP contribution in [-0.4, -0.2) is 41.9 Å². The van der Waals surface area contributed by atoms with Gasteiger partial charge in [0.25, 0.3) is 0 Å². The molecule has 0 aromatic heterocycles. The van der Waals surface area contributed by atoms with Crippen molar-refractivity contribution in [2.24, 2.45) is 0 Å². The zero-order valence-electron chi connectivity index (χ0n) is 7.72. The van der Waals surface area contributed by atoms with Gasteiger partial charge in [-0.05, 0) is 32.7 Å². The summed E-state index contributed by atoms with van der Waals surface area (Å²) in [6.07, 6.45) is 2.39. The molecular weight excluding hydrogens is 157 g/mol. The lowest BCUT2D eigenvalue weighted by Crippen LogP contribution is -2.43. The summed E-state index contributed by atoms with van der Waals surface area (Å²) in [5.41, 5.74) is -1.01. The summed E-state index contributed by atoms with van der Waals surface area (Å²) in [5, 5.41) is 8.61.